The minimum atomic E-state index is -3.54. The fourth-order valence-corrected chi connectivity index (χ4v) is 5.01. The van der Waals surface area contributed by atoms with Crippen LogP contribution in [0.25, 0.3) is 0 Å². The van der Waals surface area contributed by atoms with Gasteiger partial charge in [-0.15, -0.1) is 0 Å². The minimum absolute atomic E-state index is 0.493. The van der Waals surface area contributed by atoms with E-state index in [-0.39, 0.29) is 0 Å². The normalized spacial score (nSPS) is 15.1. The van der Waals surface area contributed by atoms with Crippen LogP contribution in [0.1, 0.15) is 23.8 Å². The molecule has 0 spiro atoms. The number of hydrogen-bond donors (Lipinski definition) is 1. The topological polar surface area (TPSA) is 56.8 Å². The number of hydrogen-bond acceptors (Lipinski definition) is 5. The number of anilines is 1. The second-order valence-corrected chi connectivity index (χ2v) is 8.55. The Hall–Kier alpha value is -2.91. The molecule has 4 rings (SSSR count). The maximum absolute atomic E-state index is 13.7. The van der Waals surface area contributed by atoms with E-state index < -0.39 is 13.4 Å². The molecule has 28 heavy (non-hydrogen) atoms. The predicted molar refractivity (Wildman–Crippen MR) is 110 cm³/mol. The molecular formula is C22H22NO4P. The SMILES string of the molecule is CCOc1ccc([C@@H](Nc2ccc(C)cc2)P2(=O)Oc3ccccc3O2)cc1. The predicted octanol–water partition coefficient (Wildman–Crippen LogP) is 6.17. The molecule has 0 aliphatic carbocycles. The van der Waals surface area contributed by atoms with Gasteiger partial charge in [0.15, 0.2) is 17.3 Å². The molecule has 3 aromatic rings. The summed E-state index contributed by atoms with van der Waals surface area (Å²) in [5.41, 5.74) is 2.78. The highest BCUT2D eigenvalue weighted by atomic mass is 31.2. The molecular weight excluding hydrogens is 373 g/mol. The van der Waals surface area contributed by atoms with Crippen LogP contribution in [-0.2, 0) is 4.57 Å². The van der Waals surface area contributed by atoms with E-state index in [2.05, 4.69) is 5.32 Å². The highest BCUT2D eigenvalue weighted by Crippen LogP contribution is 2.66. The van der Waals surface area contributed by atoms with Crippen LogP contribution in [0.15, 0.2) is 72.8 Å². The molecule has 144 valence electrons. The van der Waals surface area contributed by atoms with Crippen molar-refractivity contribution >= 4 is 13.3 Å². The average molecular weight is 395 g/mol. The molecule has 1 aliphatic rings. The van der Waals surface area contributed by atoms with Crippen molar-refractivity contribution in [2.24, 2.45) is 0 Å². The summed E-state index contributed by atoms with van der Waals surface area (Å²) in [6.45, 7) is 4.55. The molecule has 0 saturated carbocycles. The molecule has 0 fully saturated rings. The van der Waals surface area contributed by atoms with Crippen LogP contribution in [0.2, 0.25) is 0 Å². The van der Waals surface area contributed by atoms with Crippen molar-refractivity contribution in [2.75, 3.05) is 11.9 Å². The van der Waals surface area contributed by atoms with E-state index in [0.29, 0.717) is 18.1 Å². The average Bonchev–Trinajstić information content (AvgIpc) is 3.05. The van der Waals surface area contributed by atoms with Gasteiger partial charge >= 0.3 is 7.60 Å². The molecule has 0 unspecified atom stereocenters. The third-order valence-corrected chi connectivity index (χ3v) is 6.44. The van der Waals surface area contributed by atoms with E-state index in [1.54, 1.807) is 12.1 Å². The van der Waals surface area contributed by atoms with Crippen molar-refractivity contribution in [1.29, 1.82) is 0 Å². The number of ether oxygens (including phenoxy) is 1. The summed E-state index contributed by atoms with van der Waals surface area (Å²) in [6, 6.07) is 22.6. The zero-order valence-electron chi connectivity index (χ0n) is 15.8. The maximum atomic E-state index is 13.7. The van der Waals surface area contributed by atoms with E-state index >= 15 is 0 Å². The van der Waals surface area contributed by atoms with Gasteiger partial charge in [-0.05, 0) is 55.8 Å². The standard InChI is InChI=1S/C22H22NO4P/c1-3-25-19-14-10-17(11-15-19)22(23-18-12-8-16(2)9-13-18)28(24)26-20-6-4-5-7-21(20)27-28/h4-15,22-23H,3H2,1-2H3/t22-/m0/s1. The molecule has 0 aromatic heterocycles. The number of nitrogens with one attached hydrogen (secondary N) is 1. The van der Waals surface area contributed by atoms with Crippen LogP contribution < -0.4 is 19.1 Å². The van der Waals surface area contributed by atoms with Crippen LogP contribution in [0.4, 0.5) is 5.69 Å². The van der Waals surface area contributed by atoms with Gasteiger partial charge in [0.25, 0.3) is 0 Å². The third-order valence-electron chi connectivity index (χ3n) is 4.48. The minimum Gasteiger partial charge on any atom is -0.494 e. The van der Waals surface area contributed by atoms with Gasteiger partial charge in [-0.3, -0.25) is 0 Å². The van der Waals surface area contributed by atoms with E-state index in [1.165, 1.54) is 0 Å². The first-order valence-corrected chi connectivity index (χ1v) is 10.8. The lowest BCUT2D eigenvalue weighted by Gasteiger charge is -2.24. The van der Waals surface area contributed by atoms with Gasteiger partial charge in [-0.1, -0.05) is 42.0 Å². The molecule has 0 bridgehead atoms. The van der Waals surface area contributed by atoms with Gasteiger partial charge in [-0.25, -0.2) is 4.57 Å². The Balaban J connectivity index is 1.69. The summed E-state index contributed by atoms with van der Waals surface area (Å²) >= 11 is 0. The van der Waals surface area contributed by atoms with E-state index in [9.17, 15) is 4.57 Å². The van der Waals surface area contributed by atoms with E-state index in [0.717, 1.165) is 22.6 Å². The largest absolute Gasteiger partial charge is 0.494 e. The van der Waals surface area contributed by atoms with E-state index in [1.807, 2.05) is 74.5 Å². The Morgan fingerprint density at radius 3 is 2.11 bits per heavy atom. The zero-order chi connectivity index (χ0) is 19.6. The van der Waals surface area contributed by atoms with Crippen molar-refractivity contribution in [3.8, 4) is 17.2 Å². The van der Waals surface area contributed by atoms with Gasteiger partial charge in [0, 0.05) is 5.69 Å². The summed E-state index contributed by atoms with van der Waals surface area (Å²) in [6.07, 6.45) is 0. The number of aryl methyl sites for hydroxylation is 1. The van der Waals surface area contributed by atoms with E-state index in [4.69, 9.17) is 13.8 Å². The Kier molecular flexibility index (Phi) is 5.01. The molecule has 1 aliphatic heterocycles. The molecule has 0 radical (unpaired) electrons. The maximum Gasteiger partial charge on any atom is 0.457 e. The quantitative estimate of drug-likeness (QED) is 0.506. The highest BCUT2D eigenvalue weighted by molar-refractivity contribution is 7.55. The number of rotatable bonds is 6. The van der Waals surface area contributed by atoms with Crippen molar-refractivity contribution < 1.29 is 18.3 Å². The Morgan fingerprint density at radius 2 is 1.54 bits per heavy atom. The Bertz CT molecular complexity index is 973. The summed E-state index contributed by atoms with van der Waals surface area (Å²) < 4.78 is 30.9. The molecule has 0 amide bonds. The monoisotopic (exact) mass is 395 g/mol. The zero-order valence-corrected chi connectivity index (χ0v) is 16.7. The Labute approximate surface area is 164 Å². The third kappa shape index (κ3) is 3.71. The lowest BCUT2D eigenvalue weighted by molar-refractivity contribution is 0.340. The van der Waals surface area contributed by atoms with Crippen molar-refractivity contribution in [2.45, 2.75) is 19.6 Å². The van der Waals surface area contributed by atoms with Gasteiger partial charge in [0.05, 0.1) is 6.61 Å². The lowest BCUT2D eigenvalue weighted by Crippen LogP contribution is -2.15. The number of fused-ring (bicyclic) bond motifs is 1. The molecule has 3 aromatic carbocycles. The number of benzene rings is 3. The Morgan fingerprint density at radius 1 is 0.929 bits per heavy atom. The first kappa shape index (κ1) is 18.5. The molecule has 5 nitrogen and oxygen atoms in total. The molecule has 1 atom stereocenters. The first-order valence-electron chi connectivity index (χ1n) is 9.21. The number of para-hydroxylation sites is 2. The summed E-state index contributed by atoms with van der Waals surface area (Å²) in [4.78, 5) is 0. The van der Waals surface area contributed by atoms with Crippen LogP contribution in [-0.4, -0.2) is 6.61 Å². The fourth-order valence-electron chi connectivity index (χ4n) is 3.06. The van der Waals surface area contributed by atoms with Crippen LogP contribution >= 0.6 is 7.60 Å². The van der Waals surface area contributed by atoms with Crippen molar-refractivity contribution in [1.82, 2.24) is 0 Å². The van der Waals surface area contributed by atoms with Crippen LogP contribution in [0, 0.1) is 6.92 Å². The van der Waals surface area contributed by atoms with Crippen molar-refractivity contribution in [3.63, 3.8) is 0 Å². The molecule has 1 heterocycles. The first-order chi connectivity index (χ1) is 13.6. The second kappa shape index (κ2) is 7.61. The second-order valence-electron chi connectivity index (χ2n) is 6.58. The summed E-state index contributed by atoms with van der Waals surface area (Å²) in [5.74, 6) is 1.08. The smallest absolute Gasteiger partial charge is 0.457 e. The summed E-state index contributed by atoms with van der Waals surface area (Å²) in [7, 11) is -3.54. The van der Waals surface area contributed by atoms with Gasteiger partial charge in [0.2, 0.25) is 0 Å². The van der Waals surface area contributed by atoms with Crippen LogP contribution in [0.3, 0.4) is 0 Å². The lowest BCUT2D eigenvalue weighted by atomic mass is 10.2. The molecule has 0 saturated heterocycles. The fraction of sp³-hybridized carbons (Fsp3) is 0.182. The highest BCUT2D eigenvalue weighted by Gasteiger charge is 2.45. The molecule has 6 heteroatoms. The summed E-state index contributed by atoms with van der Waals surface area (Å²) in [5, 5.41) is 3.34. The van der Waals surface area contributed by atoms with Gasteiger partial charge in [0.1, 0.15) is 5.75 Å². The van der Waals surface area contributed by atoms with Crippen molar-refractivity contribution in [3.05, 3.63) is 83.9 Å². The van der Waals surface area contributed by atoms with Crippen LogP contribution in [0.5, 0.6) is 17.2 Å². The van der Waals surface area contributed by atoms with Gasteiger partial charge in [-0.2, -0.15) is 0 Å². The molecule has 1 N–H and O–H groups in total. The van der Waals surface area contributed by atoms with Gasteiger partial charge < -0.3 is 19.1 Å².